The van der Waals surface area contributed by atoms with Crippen molar-refractivity contribution in [2.45, 2.75) is 44.8 Å². The minimum Gasteiger partial charge on any atom is -0.378 e. The number of carbonyl (C=O) groups is 1. The lowest BCUT2D eigenvalue weighted by molar-refractivity contribution is -0.122. The number of aromatic nitrogens is 2. The summed E-state index contributed by atoms with van der Waals surface area (Å²) >= 11 is 5.87. The molecule has 0 bridgehead atoms. The lowest BCUT2D eigenvalue weighted by Gasteiger charge is -2.12. The topological polar surface area (TPSA) is 77.2 Å². The fraction of sp³-hybridized carbons (Fsp3) is 0.471. The van der Waals surface area contributed by atoms with E-state index in [9.17, 15) is 4.79 Å². The van der Waals surface area contributed by atoms with Crippen LogP contribution in [0.25, 0.3) is 11.5 Å². The molecule has 1 aliphatic rings. The number of hydrogen-bond acceptors (Lipinski definition) is 5. The summed E-state index contributed by atoms with van der Waals surface area (Å²) in [6.07, 6.45) is 3.53. The minimum absolute atomic E-state index is 0.0316. The third-order valence-corrected chi connectivity index (χ3v) is 4.27. The molecular formula is C17H20ClN3O3. The van der Waals surface area contributed by atoms with Gasteiger partial charge in [-0.2, -0.15) is 4.98 Å². The second-order valence-electron chi connectivity index (χ2n) is 5.93. The lowest BCUT2D eigenvalue weighted by Crippen LogP contribution is -2.28. The van der Waals surface area contributed by atoms with Gasteiger partial charge >= 0.3 is 0 Å². The Hall–Kier alpha value is -1.92. The summed E-state index contributed by atoms with van der Waals surface area (Å²) in [5, 5.41) is 7.48. The molecule has 1 aliphatic heterocycles. The number of carbonyl (C=O) groups excluding carboxylic acids is 1. The van der Waals surface area contributed by atoms with Gasteiger partial charge in [0.1, 0.15) is 0 Å². The molecule has 1 aromatic heterocycles. The third-order valence-electron chi connectivity index (χ3n) is 4.02. The van der Waals surface area contributed by atoms with Crippen LogP contribution in [0.2, 0.25) is 5.02 Å². The molecule has 1 aromatic carbocycles. The van der Waals surface area contributed by atoms with Crippen LogP contribution < -0.4 is 5.32 Å². The van der Waals surface area contributed by atoms with E-state index in [0.717, 1.165) is 31.4 Å². The average molecular weight is 350 g/mol. The SMILES string of the molecule is C[C@H](NC(=O)CC[C@H]1CCCO1)c1noc(-c2ccc(Cl)cc2)n1. The van der Waals surface area contributed by atoms with Crippen molar-refractivity contribution >= 4 is 17.5 Å². The average Bonchev–Trinajstić information content (AvgIpc) is 3.25. The van der Waals surface area contributed by atoms with Crippen molar-refractivity contribution < 1.29 is 14.1 Å². The van der Waals surface area contributed by atoms with Crippen LogP contribution >= 0.6 is 11.6 Å². The molecule has 7 heteroatoms. The molecule has 3 rings (SSSR count). The standard InChI is InChI=1S/C17H20ClN3O3/c1-11(19-15(22)9-8-14-3-2-10-23-14)16-20-17(24-21-16)12-4-6-13(18)7-5-12/h4-7,11,14H,2-3,8-10H2,1H3,(H,19,22)/t11-,14+/m0/s1. The number of benzene rings is 1. The number of nitrogens with one attached hydrogen (secondary N) is 1. The van der Waals surface area contributed by atoms with Crippen molar-refractivity contribution in [3.63, 3.8) is 0 Å². The van der Waals surface area contributed by atoms with E-state index in [4.69, 9.17) is 20.9 Å². The fourth-order valence-corrected chi connectivity index (χ4v) is 2.79. The highest BCUT2D eigenvalue weighted by Crippen LogP contribution is 2.21. The molecule has 2 atom stereocenters. The lowest BCUT2D eigenvalue weighted by atomic mass is 10.1. The number of rotatable bonds is 6. The van der Waals surface area contributed by atoms with E-state index in [1.54, 1.807) is 12.1 Å². The molecule has 0 aliphatic carbocycles. The van der Waals surface area contributed by atoms with Gasteiger partial charge in [-0.05, 0) is 50.5 Å². The molecule has 128 valence electrons. The minimum atomic E-state index is -0.313. The van der Waals surface area contributed by atoms with Crippen LogP contribution in [0.15, 0.2) is 28.8 Å². The molecule has 24 heavy (non-hydrogen) atoms. The van der Waals surface area contributed by atoms with Gasteiger partial charge in [0, 0.05) is 23.6 Å². The first-order valence-corrected chi connectivity index (χ1v) is 8.50. The second kappa shape index (κ2) is 7.77. The van der Waals surface area contributed by atoms with Gasteiger partial charge in [-0.1, -0.05) is 16.8 Å². The molecule has 0 saturated carbocycles. The van der Waals surface area contributed by atoms with Crippen molar-refractivity contribution in [1.29, 1.82) is 0 Å². The maximum atomic E-state index is 12.0. The van der Waals surface area contributed by atoms with Crippen LogP contribution in [-0.2, 0) is 9.53 Å². The molecule has 1 saturated heterocycles. The normalized spacial score (nSPS) is 18.5. The molecule has 0 radical (unpaired) electrons. The van der Waals surface area contributed by atoms with Gasteiger partial charge in [0.15, 0.2) is 5.82 Å². The van der Waals surface area contributed by atoms with Crippen LogP contribution in [0.1, 0.15) is 44.5 Å². The first-order valence-electron chi connectivity index (χ1n) is 8.12. The van der Waals surface area contributed by atoms with Gasteiger partial charge in [-0.3, -0.25) is 4.79 Å². The van der Waals surface area contributed by atoms with Gasteiger partial charge in [0.2, 0.25) is 5.91 Å². The highest BCUT2D eigenvalue weighted by atomic mass is 35.5. The van der Waals surface area contributed by atoms with Crippen LogP contribution in [0, 0.1) is 0 Å². The number of halogens is 1. The summed E-state index contributed by atoms with van der Waals surface area (Å²) < 4.78 is 10.8. The quantitative estimate of drug-likeness (QED) is 0.863. The number of ether oxygens (including phenoxy) is 1. The maximum absolute atomic E-state index is 12.0. The van der Waals surface area contributed by atoms with E-state index in [0.29, 0.717) is 23.2 Å². The Bertz CT molecular complexity index is 681. The zero-order chi connectivity index (χ0) is 16.9. The molecule has 0 spiro atoms. The van der Waals surface area contributed by atoms with Crippen LogP contribution in [0.3, 0.4) is 0 Å². The van der Waals surface area contributed by atoms with Crippen molar-refractivity contribution in [1.82, 2.24) is 15.5 Å². The maximum Gasteiger partial charge on any atom is 0.257 e. The number of hydrogen-bond donors (Lipinski definition) is 1. The third kappa shape index (κ3) is 4.33. The molecule has 0 unspecified atom stereocenters. The van der Waals surface area contributed by atoms with Crippen molar-refractivity contribution in [3.05, 3.63) is 35.1 Å². The highest BCUT2D eigenvalue weighted by Gasteiger charge is 2.19. The summed E-state index contributed by atoms with van der Waals surface area (Å²) in [5.41, 5.74) is 0.787. The molecule has 1 N–H and O–H groups in total. The smallest absolute Gasteiger partial charge is 0.257 e. The summed E-state index contributed by atoms with van der Waals surface area (Å²) in [4.78, 5) is 16.4. The first-order chi connectivity index (χ1) is 11.6. The Morgan fingerprint density at radius 2 is 2.21 bits per heavy atom. The number of nitrogens with zero attached hydrogens (tertiary/aromatic N) is 2. The van der Waals surface area contributed by atoms with E-state index >= 15 is 0 Å². The zero-order valence-corrected chi connectivity index (χ0v) is 14.3. The molecule has 6 nitrogen and oxygen atoms in total. The summed E-state index contributed by atoms with van der Waals surface area (Å²) in [5.74, 6) is 0.823. The van der Waals surface area contributed by atoms with Gasteiger partial charge in [-0.25, -0.2) is 0 Å². The Balaban J connectivity index is 1.54. The van der Waals surface area contributed by atoms with E-state index in [2.05, 4.69) is 15.5 Å². The fourth-order valence-electron chi connectivity index (χ4n) is 2.66. The van der Waals surface area contributed by atoms with Crippen LogP contribution in [0.5, 0.6) is 0 Å². The largest absolute Gasteiger partial charge is 0.378 e. The van der Waals surface area contributed by atoms with E-state index in [1.807, 2.05) is 19.1 Å². The van der Waals surface area contributed by atoms with Gasteiger partial charge in [0.05, 0.1) is 12.1 Å². The highest BCUT2D eigenvalue weighted by molar-refractivity contribution is 6.30. The Morgan fingerprint density at radius 3 is 2.92 bits per heavy atom. The monoisotopic (exact) mass is 349 g/mol. The molecule has 2 aromatic rings. The molecule has 1 amide bonds. The van der Waals surface area contributed by atoms with Crippen molar-refractivity contribution in [2.75, 3.05) is 6.61 Å². The van der Waals surface area contributed by atoms with Gasteiger partial charge in [-0.15, -0.1) is 0 Å². The second-order valence-corrected chi connectivity index (χ2v) is 6.36. The Kier molecular flexibility index (Phi) is 5.48. The molecular weight excluding hydrogens is 330 g/mol. The van der Waals surface area contributed by atoms with Crippen LogP contribution in [0.4, 0.5) is 0 Å². The number of amides is 1. The summed E-state index contributed by atoms with van der Waals surface area (Å²) in [6, 6.07) is 6.83. The van der Waals surface area contributed by atoms with E-state index < -0.39 is 0 Å². The summed E-state index contributed by atoms with van der Waals surface area (Å²) in [6.45, 7) is 2.64. The van der Waals surface area contributed by atoms with Crippen molar-refractivity contribution in [3.8, 4) is 11.5 Å². The van der Waals surface area contributed by atoms with Gasteiger partial charge in [0.25, 0.3) is 5.89 Å². The first kappa shape index (κ1) is 16.9. The predicted octanol–water partition coefficient (Wildman–Crippen LogP) is 3.53. The predicted molar refractivity (Wildman–Crippen MR) is 89.5 cm³/mol. The van der Waals surface area contributed by atoms with E-state index in [-0.39, 0.29) is 18.1 Å². The Morgan fingerprint density at radius 1 is 1.42 bits per heavy atom. The van der Waals surface area contributed by atoms with Crippen molar-refractivity contribution in [2.24, 2.45) is 0 Å². The van der Waals surface area contributed by atoms with E-state index in [1.165, 1.54) is 0 Å². The van der Waals surface area contributed by atoms with Gasteiger partial charge < -0.3 is 14.6 Å². The Labute approximate surface area is 145 Å². The molecule has 2 heterocycles. The zero-order valence-electron chi connectivity index (χ0n) is 13.5. The molecule has 1 fully saturated rings. The summed E-state index contributed by atoms with van der Waals surface area (Å²) in [7, 11) is 0. The van der Waals surface area contributed by atoms with Crippen LogP contribution in [-0.4, -0.2) is 28.8 Å².